The molecule has 0 saturated carbocycles. The minimum absolute atomic E-state index is 0. The largest absolute Gasteiger partial charge is 0.356 e. The molecule has 0 bridgehead atoms. The zero-order valence-corrected chi connectivity index (χ0v) is 12.9. The highest BCUT2D eigenvalue weighted by Crippen LogP contribution is 2.30. The van der Waals surface area contributed by atoms with Crippen molar-refractivity contribution in [2.75, 3.05) is 36.9 Å². The van der Waals surface area contributed by atoms with Crippen molar-refractivity contribution in [1.29, 1.82) is 0 Å². The molecule has 3 N–H and O–H groups in total. The first-order valence-electron chi connectivity index (χ1n) is 7.00. The number of carbonyl (C=O) groups excluding carboxylic acids is 1. The van der Waals surface area contributed by atoms with Crippen LogP contribution in [0.15, 0.2) is 6.33 Å². The SMILES string of the molecule is CN1Cc2c(ncnc2N2CCC(CN)CC2)NC1=O.Cl. The number of hydrogen-bond acceptors (Lipinski definition) is 5. The molecule has 1 saturated heterocycles. The summed E-state index contributed by atoms with van der Waals surface area (Å²) in [6.07, 6.45) is 3.71. The monoisotopic (exact) mass is 312 g/mol. The number of rotatable bonds is 2. The van der Waals surface area contributed by atoms with Crippen molar-refractivity contribution in [2.45, 2.75) is 19.4 Å². The maximum absolute atomic E-state index is 11.7. The molecule has 8 heteroatoms. The third-order valence-corrected chi connectivity index (χ3v) is 4.14. The third kappa shape index (κ3) is 3.03. The molecule has 2 amide bonds. The van der Waals surface area contributed by atoms with Crippen LogP contribution in [0.5, 0.6) is 0 Å². The molecule has 2 aliphatic heterocycles. The molecule has 116 valence electrons. The number of nitrogens with zero attached hydrogens (tertiary/aromatic N) is 4. The van der Waals surface area contributed by atoms with Gasteiger partial charge in [-0.3, -0.25) is 5.32 Å². The molecule has 0 aliphatic carbocycles. The summed E-state index contributed by atoms with van der Waals surface area (Å²) < 4.78 is 0. The summed E-state index contributed by atoms with van der Waals surface area (Å²) in [6.45, 7) is 3.23. The van der Waals surface area contributed by atoms with Gasteiger partial charge in [-0.2, -0.15) is 0 Å². The number of hydrogen-bond donors (Lipinski definition) is 2. The van der Waals surface area contributed by atoms with E-state index in [1.807, 2.05) is 0 Å². The standard InChI is InChI=1S/C13H20N6O.ClH/c1-18-7-10-11(17-13(18)20)15-8-16-12(10)19-4-2-9(6-14)3-5-19;/h8-9H,2-7,14H2,1H3,(H,15,16,17,20);1H. The fourth-order valence-electron chi connectivity index (χ4n) is 2.82. The Morgan fingerprint density at radius 2 is 2.10 bits per heavy atom. The fraction of sp³-hybridized carbons (Fsp3) is 0.615. The van der Waals surface area contributed by atoms with Crippen LogP contribution < -0.4 is 16.0 Å². The lowest BCUT2D eigenvalue weighted by Crippen LogP contribution is -2.40. The Morgan fingerprint density at radius 3 is 2.76 bits per heavy atom. The zero-order chi connectivity index (χ0) is 14.1. The molecular weight excluding hydrogens is 292 g/mol. The number of anilines is 2. The Morgan fingerprint density at radius 1 is 1.38 bits per heavy atom. The van der Waals surface area contributed by atoms with Gasteiger partial charge in [-0.1, -0.05) is 0 Å². The third-order valence-electron chi connectivity index (χ3n) is 4.14. The zero-order valence-electron chi connectivity index (χ0n) is 12.1. The van der Waals surface area contributed by atoms with E-state index in [1.165, 1.54) is 6.33 Å². The number of halogens is 1. The molecule has 2 aliphatic rings. The van der Waals surface area contributed by atoms with Gasteiger partial charge in [-0.05, 0) is 25.3 Å². The summed E-state index contributed by atoms with van der Waals surface area (Å²) in [6, 6.07) is -0.121. The van der Waals surface area contributed by atoms with Crippen molar-refractivity contribution in [2.24, 2.45) is 11.7 Å². The molecule has 21 heavy (non-hydrogen) atoms. The smallest absolute Gasteiger partial charge is 0.323 e. The second-order valence-electron chi connectivity index (χ2n) is 5.48. The van der Waals surface area contributed by atoms with E-state index in [0.717, 1.165) is 43.9 Å². The second kappa shape index (κ2) is 6.44. The van der Waals surface area contributed by atoms with Gasteiger partial charge in [-0.25, -0.2) is 14.8 Å². The summed E-state index contributed by atoms with van der Waals surface area (Å²) in [7, 11) is 1.77. The molecule has 3 rings (SSSR count). The number of carbonyl (C=O) groups is 1. The summed E-state index contributed by atoms with van der Waals surface area (Å²) in [5, 5.41) is 2.80. The average Bonchev–Trinajstić information content (AvgIpc) is 2.48. The van der Waals surface area contributed by atoms with E-state index in [4.69, 9.17) is 5.73 Å². The van der Waals surface area contributed by atoms with Gasteiger partial charge in [-0.15, -0.1) is 12.4 Å². The topological polar surface area (TPSA) is 87.4 Å². The first kappa shape index (κ1) is 15.8. The van der Waals surface area contributed by atoms with Crippen LogP contribution in [-0.4, -0.2) is 47.6 Å². The predicted octanol–water partition coefficient (Wildman–Crippen LogP) is 1.05. The van der Waals surface area contributed by atoms with Crippen LogP contribution in [0, 0.1) is 5.92 Å². The van der Waals surface area contributed by atoms with Crippen molar-refractivity contribution in [3.8, 4) is 0 Å². The number of nitrogens with one attached hydrogen (secondary N) is 1. The number of urea groups is 1. The normalized spacial score (nSPS) is 18.9. The molecule has 0 aromatic carbocycles. The highest BCUT2D eigenvalue weighted by Gasteiger charge is 2.27. The minimum atomic E-state index is -0.121. The van der Waals surface area contributed by atoms with Crippen LogP contribution in [0.4, 0.5) is 16.4 Å². The average molecular weight is 313 g/mol. The van der Waals surface area contributed by atoms with Crippen LogP contribution in [-0.2, 0) is 6.54 Å². The van der Waals surface area contributed by atoms with E-state index >= 15 is 0 Å². The van der Waals surface area contributed by atoms with E-state index < -0.39 is 0 Å². The first-order chi connectivity index (χ1) is 9.69. The van der Waals surface area contributed by atoms with Crippen LogP contribution in [0.3, 0.4) is 0 Å². The molecule has 1 fully saturated rings. The van der Waals surface area contributed by atoms with Crippen LogP contribution in [0.1, 0.15) is 18.4 Å². The van der Waals surface area contributed by atoms with Gasteiger partial charge in [0, 0.05) is 20.1 Å². The molecule has 0 radical (unpaired) electrons. The van der Waals surface area contributed by atoms with E-state index in [2.05, 4.69) is 20.2 Å². The summed E-state index contributed by atoms with van der Waals surface area (Å²) in [4.78, 5) is 24.2. The minimum Gasteiger partial charge on any atom is -0.356 e. The van der Waals surface area contributed by atoms with E-state index in [9.17, 15) is 4.79 Å². The van der Waals surface area contributed by atoms with Gasteiger partial charge in [0.15, 0.2) is 0 Å². The number of aromatic nitrogens is 2. The number of fused-ring (bicyclic) bond motifs is 1. The van der Waals surface area contributed by atoms with Gasteiger partial charge < -0.3 is 15.5 Å². The molecule has 0 spiro atoms. The maximum atomic E-state index is 11.7. The lowest BCUT2D eigenvalue weighted by Gasteiger charge is -2.35. The van der Waals surface area contributed by atoms with Crippen molar-refractivity contribution >= 4 is 30.1 Å². The summed E-state index contributed by atoms with van der Waals surface area (Å²) in [5.74, 6) is 2.20. The molecule has 3 heterocycles. The van der Waals surface area contributed by atoms with Gasteiger partial charge in [0.05, 0.1) is 12.1 Å². The van der Waals surface area contributed by atoms with Gasteiger partial charge >= 0.3 is 6.03 Å². The van der Waals surface area contributed by atoms with Gasteiger partial charge in [0.1, 0.15) is 18.0 Å². The Labute approximate surface area is 130 Å². The van der Waals surface area contributed by atoms with Crippen molar-refractivity contribution in [3.05, 3.63) is 11.9 Å². The summed E-state index contributed by atoms with van der Waals surface area (Å²) in [5.41, 5.74) is 6.73. The molecule has 7 nitrogen and oxygen atoms in total. The van der Waals surface area contributed by atoms with E-state index in [1.54, 1.807) is 11.9 Å². The Kier molecular flexibility index (Phi) is 4.84. The van der Waals surface area contributed by atoms with E-state index in [-0.39, 0.29) is 18.4 Å². The number of amides is 2. The van der Waals surface area contributed by atoms with Crippen molar-refractivity contribution < 1.29 is 4.79 Å². The highest BCUT2D eigenvalue weighted by atomic mass is 35.5. The number of nitrogens with two attached hydrogens (primary N) is 1. The Hall–Kier alpha value is -1.60. The second-order valence-corrected chi connectivity index (χ2v) is 5.48. The van der Waals surface area contributed by atoms with Crippen LogP contribution in [0.2, 0.25) is 0 Å². The highest BCUT2D eigenvalue weighted by molar-refractivity contribution is 5.91. The lowest BCUT2D eigenvalue weighted by atomic mass is 9.97. The molecular formula is C13H21ClN6O. The van der Waals surface area contributed by atoms with E-state index in [0.29, 0.717) is 18.3 Å². The predicted molar refractivity (Wildman–Crippen MR) is 83.8 cm³/mol. The van der Waals surface area contributed by atoms with Crippen LogP contribution in [0.25, 0.3) is 0 Å². The van der Waals surface area contributed by atoms with Gasteiger partial charge in [0.25, 0.3) is 0 Å². The Balaban J connectivity index is 0.00000161. The lowest BCUT2D eigenvalue weighted by molar-refractivity contribution is 0.218. The van der Waals surface area contributed by atoms with Crippen molar-refractivity contribution in [1.82, 2.24) is 14.9 Å². The molecule has 1 aromatic rings. The first-order valence-corrected chi connectivity index (χ1v) is 7.00. The van der Waals surface area contributed by atoms with Crippen molar-refractivity contribution in [3.63, 3.8) is 0 Å². The van der Waals surface area contributed by atoms with Crippen LogP contribution >= 0.6 is 12.4 Å². The summed E-state index contributed by atoms with van der Waals surface area (Å²) >= 11 is 0. The van der Waals surface area contributed by atoms with Gasteiger partial charge in [0.2, 0.25) is 0 Å². The Bertz CT molecular complexity index is 517. The molecule has 0 atom stereocenters. The number of piperidine rings is 1. The maximum Gasteiger partial charge on any atom is 0.323 e. The fourth-order valence-corrected chi connectivity index (χ4v) is 2.82. The quantitative estimate of drug-likeness (QED) is 0.852. The molecule has 1 aromatic heterocycles. The molecule has 0 unspecified atom stereocenters.